The van der Waals surface area contributed by atoms with Gasteiger partial charge in [0.1, 0.15) is 0 Å². The molecule has 0 bridgehead atoms. The van der Waals surface area contributed by atoms with Gasteiger partial charge in [-0.2, -0.15) is 0 Å². The molecule has 106 valence electrons. The van der Waals surface area contributed by atoms with Crippen LogP contribution >= 0.6 is 15.9 Å². The normalized spacial score (nSPS) is 24.8. The van der Waals surface area contributed by atoms with Gasteiger partial charge in [0.05, 0.1) is 5.41 Å². The molecule has 4 heteroatoms. The molecule has 1 saturated carbocycles. The van der Waals surface area contributed by atoms with Gasteiger partial charge in [-0.15, -0.1) is 0 Å². The summed E-state index contributed by atoms with van der Waals surface area (Å²) in [7, 11) is 0. The average molecular weight is 335 g/mol. The van der Waals surface area contributed by atoms with Crippen LogP contribution in [0.25, 0.3) is 0 Å². The number of halogens is 1. The SMILES string of the molecule is O=C1Nc2cc(Br)ccc2C12CCN(CC1CC1)CC2. The van der Waals surface area contributed by atoms with E-state index in [1.165, 1.54) is 24.9 Å². The summed E-state index contributed by atoms with van der Waals surface area (Å²) in [4.78, 5) is 15.1. The molecular formula is C16H19BrN2O. The average Bonchev–Trinajstić information content (AvgIpc) is 3.20. The molecule has 1 aliphatic carbocycles. The lowest BCUT2D eigenvalue weighted by Gasteiger charge is -2.38. The number of likely N-dealkylation sites (tertiary alicyclic amines) is 1. The minimum atomic E-state index is -0.268. The molecule has 0 aromatic heterocycles. The molecule has 0 atom stereocenters. The first kappa shape index (κ1) is 12.8. The molecule has 1 aromatic carbocycles. The van der Waals surface area contributed by atoms with Crippen LogP contribution in [0, 0.1) is 5.92 Å². The van der Waals surface area contributed by atoms with Gasteiger partial charge in [-0.1, -0.05) is 22.0 Å². The molecule has 1 amide bonds. The highest BCUT2D eigenvalue weighted by atomic mass is 79.9. The van der Waals surface area contributed by atoms with E-state index in [2.05, 4.69) is 38.3 Å². The van der Waals surface area contributed by atoms with Crippen molar-refractivity contribution in [2.24, 2.45) is 5.92 Å². The van der Waals surface area contributed by atoms with Crippen molar-refractivity contribution in [2.45, 2.75) is 31.1 Å². The predicted molar refractivity (Wildman–Crippen MR) is 82.8 cm³/mol. The zero-order valence-corrected chi connectivity index (χ0v) is 13.1. The molecule has 1 saturated heterocycles. The third-order valence-corrected chi connectivity index (χ3v) is 5.60. The van der Waals surface area contributed by atoms with Crippen molar-refractivity contribution < 1.29 is 4.79 Å². The molecule has 4 rings (SSSR count). The summed E-state index contributed by atoms with van der Waals surface area (Å²) in [5.41, 5.74) is 1.94. The standard InChI is InChI=1S/C16H19BrN2O/c17-12-3-4-13-14(9-12)18-15(20)16(13)5-7-19(8-6-16)10-11-1-2-11/h3-4,9,11H,1-2,5-8,10H2,(H,18,20). The lowest BCUT2D eigenvalue weighted by molar-refractivity contribution is -0.122. The summed E-state index contributed by atoms with van der Waals surface area (Å²) in [6.45, 7) is 3.35. The number of hydrogen-bond acceptors (Lipinski definition) is 2. The van der Waals surface area contributed by atoms with E-state index in [1.54, 1.807) is 0 Å². The maximum Gasteiger partial charge on any atom is 0.235 e. The van der Waals surface area contributed by atoms with Gasteiger partial charge in [-0.05, 0) is 62.4 Å². The largest absolute Gasteiger partial charge is 0.325 e. The number of hydrogen-bond donors (Lipinski definition) is 1. The zero-order chi connectivity index (χ0) is 13.7. The fourth-order valence-corrected chi connectivity index (χ4v) is 4.04. The van der Waals surface area contributed by atoms with Crippen molar-refractivity contribution in [1.29, 1.82) is 0 Å². The third-order valence-electron chi connectivity index (χ3n) is 5.10. The number of carbonyl (C=O) groups is 1. The molecule has 1 aromatic rings. The number of fused-ring (bicyclic) bond motifs is 2. The van der Waals surface area contributed by atoms with Crippen molar-refractivity contribution in [1.82, 2.24) is 4.90 Å². The Balaban J connectivity index is 1.57. The van der Waals surface area contributed by atoms with E-state index in [0.29, 0.717) is 0 Å². The van der Waals surface area contributed by atoms with E-state index in [9.17, 15) is 4.79 Å². The van der Waals surface area contributed by atoms with E-state index in [1.807, 2.05) is 6.07 Å². The monoisotopic (exact) mass is 334 g/mol. The molecular weight excluding hydrogens is 316 g/mol. The topological polar surface area (TPSA) is 32.3 Å². The molecule has 3 aliphatic rings. The number of benzene rings is 1. The molecule has 20 heavy (non-hydrogen) atoms. The van der Waals surface area contributed by atoms with E-state index < -0.39 is 0 Å². The van der Waals surface area contributed by atoms with E-state index in [0.717, 1.165) is 42.0 Å². The predicted octanol–water partition coefficient (Wildman–Crippen LogP) is 3.14. The Morgan fingerprint density at radius 2 is 2.05 bits per heavy atom. The first-order chi connectivity index (χ1) is 9.67. The van der Waals surface area contributed by atoms with Crippen LogP contribution in [0.1, 0.15) is 31.2 Å². The van der Waals surface area contributed by atoms with Crippen LogP contribution in [0.4, 0.5) is 5.69 Å². The second-order valence-electron chi connectivity index (χ2n) is 6.47. The van der Waals surface area contributed by atoms with Crippen LogP contribution < -0.4 is 5.32 Å². The van der Waals surface area contributed by atoms with Gasteiger partial charge in [0.15, 0.2) is 0 Å². The summed E-state index contributed by atoms with van der Waals surface area (Å²) >= 11 is 3.48. The lowest BCUT2D eigenvalue weighted by Crippen LogP contribution is -2.46. The quantitative estimate of drug-likeness (QED) is 0.901. The van der Waals surface area contributed by atoms with Crippen LogP contribution in [-0.4, -0.2) is 30.4 Å². The van der Waals surface area contributed by atoms with Gasteiger partial charge in [0.25, 0.3) is 0 Å². The maximum absolute atomic E-state index is 12.5. The summed E-state index contributed by atoms with van der Waals surface area (Å²) in [6, 6.07) is 6.20. The zero-order valence-electron chi connectivity index (χ0n) is 11.5. The highest BCUT2D eigenvalue weighted by molar-refractivity contribution is 9.10. The Morgan fingerprint density at radius 3 is 2.75 bits per heavy atom. The van der Waals surface area contributed by atoms with Gasteiger partial charge < -0.3 is 10.2 Å². The van der Waals surface area contributed by atoms with E-state index in [4.69, 9.17) is 0 Å². The second-order valence-corrected chi connectivity index (χ2v) is 7.39. The van der Waals surface area contributed by atoms with Gasteiger partial charge in [0, 0.05) is 16.7 Å². The number of anilines is 1. The maximum atomic E-state index is 12.5. The summed E-state index contributed by atoms with van der Waals surface area (Å²) in [5.74, 6) is 1.14. The Bertz CT molecular complexity index is 560. The number of nitrogens with zero attached hydrogens (tertiary/aromatic N) is 1. The molecule has 3 nitrogen and oxygen atoms in total. The molecule has 0 unspecified atom stereocenters. The lowest BCUT2D eigenvalue weighted by atomic mass is 9.73. The molecule has 1 N–H and O–H groups in total. The smallest absolute Gasteiger partial charge is 0.235 e. The van der Waals surface area contributed by atoms with Gasteiger partial charge in [-0.3, -0.25) is 4.79 Å². The van der Waals surface area contributed by atoms with E-state index >= 15 is 0 Å². The van der Waals surface area contributed by atoms with Crippen LogP contribution in [0.3, 0.4) is 0 Å². The number of piperidine rings is 1. The minimum Gasteiger partial charge on any atom is -0.325 e. The number of rotatable bonds is 2. The molecule has 1 spiro atoms. The highest BCUT2D eigenvalue weighted by Crippen LogP contribution is 2.46. The first-order valence-corrected chi connectivity index (χ1v) is 8.30. The summed E-state index contributed by atoms with van der Waals surface area (Å²) in [6.07, 6.45) is 4.72. The van der Waals surface area contributed by atoms with Crippen LogP contribution in [0.15, 0.2) is 22.7 Å². The fraction of sp³-hybridized carbons (Fsp3) is 0.562. The minimum absolute atomic E-state index is 0.205. The van der Waals surface area contributed by atoms with Crippen molar-refractivity contribution in [3.05, 3.63) is 28.2 Å². The number of nitrogens with one attached hydrogen (secondary N) is 1. The van der Waals surface area contributed by atoms with Crippen molar-refractivity contribution >= 4 is 27.5 Å². The van der Waals surface area contributed by atoms with Crippen LogP contribution in [-0.2, 0) is 10.2 Å². The third kappa shape index (κ3) is 2.01. The van der Waals surface area contributed by atoms with Crippen LogP contribution in [0.2, 0.25) is 0 Å². The van der Waals surface area contributed by atoms with Gasteiger partial charge in [0.2, 0.25) is 5.91 Å². The summed E-state index contributed by atoms with van der Waals surface area (Å²) in [5, 5.41) is 3.08. The Hall–Kier alpha value is -0.870. The first-order valence-electron chi connectivity index (χ1n) is 7.51. The Kier molecular flexibility index (Phi) is 2.93. The summed E-state index contributed by atoms with van der Waals surface area (Å²) < 4.78 is 1.03. The van der Waals surface area contributed by atoms with Crippen molar-refractivity contribution in [3.63, 3.8) is 0 Å². The van der Waals surface area contributed by atoms with Gasteiger partial charge >= 0.3 is 0 Å². The van der Waals surface area contributed by atoms with Gasteiger partial charge in [-0.25, -0.2) is 0 Å². The highest BCUT2D eigenvalue weighted by Gasteiger charge is 2.48. The molecule has 2 aliphatic heterocycles. The second kappa shape index (κ2) is 4.57. The van der Waals surface area contributed by atoms with E-state index in [-0.39, 0.29) is 11.3 Å². The number of carbonyl (C=O) groups excluding carboxylic acids is 1. The van der Waals surface area contributed by atoms with Crippen molar-refractivity contribution in [2.75, 3.05) is 25.0 Å². The number of amides is 1. The molecule has 2 fully saturated rings. The Labute approximate surface area is 127 Å². The van der Waals surface area contributed by atoms with Crippen LogP contribution in [0.5, 0.6) is 0 Å². The Morgan fingerprint density at radius 1 is 1.30 bits per heavy atom. The van der Waals surface area contributed by atoms with Crippen molar-refractivity contribution in [3.8, 4) is 0 Å². The fourth-order valence-electron chi connectivity index (χ4n) is 3.68. The molecule has 2 heterocycles. The molecule has 0 radical (unpaired) electrons.